The summed E-state index contributed by atoms with van der Waals surface area (Å²) in [5.74, 6) is -0.562. The summed E-state index contributed by atoms with van der Waals surface area (Å²) in [5, 5.41) is 10.4. The number of anilines is 1. The number of hydrogen-bond acceptors (Lipinski definition) is 7. The lowest BCUT2D eigenvalue weighted by atomic mass is 10.2. The second-order valence-corrected chi connectivity index (χ2v) is 4.61. The molecule has 24 heavy (non-hydrogen) atoms. The van der Waals surface area contributed by atoms with Gasteiger partial charge in [-0.3, -0.25) is 14.3 Å². The fourth-order valence-corrected chi connectivity index (χ4v) is 1.95. The minimum Gasteiger partial charge on any atom is -0.465 e. The van der Waals surface area contributed by atoms with Crippen LogP contribution in [0.4, 0.5) is 5.69 Å². The van der Waals surface area contributed by atoms with E-state index >= 15 is 0 Å². The Balaban J connectivity index is 1.80. The lowest BCUT2D eigenvalue weighted by molar-refractivity contribution is 0.0602. The number of hydrogen-bond donors (Lipinski definition) is 1. The van der Waals surface area contributed by atoms with Crippen LogP contribution in [0.25, 0.3) is 5.82 Å². The van der Waals surface area contributed by atoms with Gasteiger partial charge in [-0.25, -0.2) is 9.78 Å². The third-order valence-corrected chi connectivity index (χ3v) is 3.13. The van der Waals surface area contributed by atoms with Crippen LogP contribution in [0.1, 0.15) is 20.8 Å². The van der Waals surface area contributed by atoms with E-state index in [0.717, 1.165) is 0 Å². The number of imidazole rings is 1. The van der Waals surface area contributed by atoms with E-state index in [1.807, 2.05) is 0 Å². The van der Waals surface area contributed by atoms with Crippen molar-refractivity contribution in [3.8, 4) is 5.82 Å². The van der Waals surface area contributed by atoms with E-state index in [4.69, 9.17) is 0 Å². The van der Waals surface area contributed by atoms with Crippen LogP contribution < -0.4 is 5.32 Å². The number of aromatic nitrogens is 5. The minimum absolute atomic E-state index is 0.0959. The summed E-state index contributed by atoms with van der Waals surface area (Å²) < 4.78 is 6.32. The molecule has 0 fully saturated rings. The van der Waals surface area contributed by atoms with Crippen LogP contribution >= 0.6 is 0 Å². The zero-order chi connectivity index (χ0) is 16.9. The molecule has 0 spiro atoms. The van der Waals surface area contributed by atoms with Gasteiger partial charge in [-0.05, 0) is 18.2 Å². The molecule has 1 amide bonds. The van der Waals surface area contributed by atoms with Gasteiger partial charge in [-0.2, -0.15) is 0 Å². The first-order valence-electron chi connectivity index (χ1n) is 6.85. The number of rotatable bonds is 4. The first kappa shape index (κ1) is 15.3. The molecule has 0 aliphatic heterocycles. The Labute approximate surface area is 136 Å². The molecule has 9 heteroatoms. The van der Waals surface area contributed by atoms with Gasteiger partial charge in [0, 0.05) is 18.6 Å². The molecule has 0 saturated heterocycles. The van der Waals surface area contributed by atoms with Crippen LogP contribution in [0.5, 0.6) is 0 Å². The third kappa shape index (κ3) is 3.09. The van der Waals surface area contributed by atoms with Crippen molar-refractivity contribution < 1.29 is 14.3 Å². The van der Waals surface area contributed by atoms with Crippen molar-refractivity contribution >= 4 is 17.6 Å². The summed E-state index contributed by atoms with van der Waals surface area (Å²) in [7, 11) is 1.26. The van der Waals surface area contributed by atoms with Crippen molar-refractivity contribution in [1.82, 2.24) is 24.7 Å². The van der Waals surface area contributed by atoms with Gasteiger partial charge >= 0.3 is 5.97 Å². The molecule has 0 atom stereocenters. The highest BCUT2D eigenvalue weighted by Gasteiger charge is 2.16. The SMILES string of the molecule is COC(=O)c1ccncc1NC(=O)c1ccc(-n2ccnc2)nn1. The van der Waals surface area contributed by atoms with E-state index in [9.17, 15) is 9.59 Å². The maximum absolute atomic E-state index is 12.3. The van der Waals surface area contributed by atoms with Crippen molar-refractivity contribution in [3.05, 3.63) is 60.6 Å². The number of methoxy groups -OCH3 is 1. The molecule has 3 heterocycles. The largest absolute Gasteiger partial charge is 0.465 e. The maximum atomic E-state index is 12.3. The molecule has 0 unspecified atom stereocenters. The summed E-state index contributed by atoms with van der Waals surface area (Å²) in [6, 6.07) is 4.61. The van der Waals surface area contributed by atoms with E-state index < -0.39 is 11.9 Å². The molecule has 0 bridgehead atoms. The van der Waals surface area contributed by atoms with Gasteiger partial charge in [-0.15, -0.1) is 10.2 Å². The number of carbonyl (C=O) groups is 2. The molecule has 0 radical (unpaired) electrons. The number of carbonyl (C=O) groups excluding carboxylic acids is 2. The number of nitrogens with zero attached hydrogens (tertiary/aromatic N) is 5. The van der Waals surface area contributed by atoms with Crippen molar-refractivity contribution in [1.29, 1.82) is 0 Å². The van der Waals surface area contributed by atoms with Gasteiger partial charge in [0.25, 0.3) is 5.91 Å². The standard InChI is InChI=1S/C15H12N6O3/c1-24-15(23)10-4-5-16-8-12(10)18-14(22)11-2-3-13(20-19-11)21-7-6-17-9-21/h2-9H,1H3,(H,18,22). The molecule has 3 aromatic rings. The molecule has 9 nitrogen and oxygen atoms in total. The van der Waals surface area contributed by atoms with E-state index in [1.165, 1.54) is 31.6 Å². The van der Waals surface area contributed by atoms with Crippen LogP contribution in [-0.2, 0) is 4.74 Å². The predicted octanol–water partition coefficient (Wildman–Crippen LogP) is 1.10. The van der Waals surface area contributed by atoms with Crippen LogP contribution in [0.3, 0.4) is 0 Å². The summed E-state index contributed by atoms with van der Waals surface area (Å²) in [6.45, 7) is 0. The maximum Gasteiger partial charge on any atom is 0.340 e. The van der Waals surface area contributed by atoms with E-state index in [1.54, 1.807) is 29.4 Å². The van der Waals surface area contributed by atoms with Gasteiger partial charge in [0.1, 0.15) is 6.33 Å². The van der Waals surface area contributed by atoms with Gasteiger partial charge in [-0.1, -0.05) is 0 Å². The van der Waals surface area contributed by atoms with Gasteiger partial charge in [0.15, 0.2) is 11.5 Å². The van der Waals surface area contributed by atoms with Crippen LogP contribution in [0.15, 0.2) is 49.3 Å². The van der Waals surface area contributed by atoms with Crippen molar-refractivity contribution in [2.24, 2.45) is 0 Å². The average Bonchev–Trinajstić information content (AvgIpc) is 3.16. The Bertz CT molecular complexity index is 861. The van der Waals surface area contributed by atoms with Gasteiger partial charge < -0.3 is 10.1 Å². The number of ether oxygens (including phenoxy) is 1. The lowest BCUT2D eigenvalue weighted by Crippen LogP contribution is -2.17. The lowest BCUT2D eigenvalue weighted by Gasteiger charge is -2.08. The van der Waals surface area contributed by atoms with Crippen molar-refractivity contribution in [3.63, 3.8) is 0 Å². The molecule has 3 rings (SSSR count). The highest BCUT2D eigenvalue weighted by atomic mass is 16.5. The molecule has 1 N–H and O–H groups in total. The van der Waals surface area contributed by atoms with E-state index in [-0.39, 0.29) is 16.9 Å². The first-order chi connectivity index (χ1) is 11.7. The highest BCUT2D eigenvalue weighted by molar-refractivity contribution is 6.06. The predicted molar refractivity (Wildman–Crippen MR) is 82.7 cm³/mol. The summed E-state index contributed by atoms with van der Waals surface area (Å²) in [4.78, 5) is 31.8. The number of esters is 1. The molecule has 120 valence electrons. The van der Waals surface area contributed by atoms with Crippen LogP contribution in [-0.4, -0.2) is 43.7 Å². The molecular formula is C15H12N6O3. The number of nitrogens with one attached hydrogen (secondary N) is 1. The Hall–Kier alpha value is -3.62. The minimum atomic E-state index is -0.575. The van der Waals surface area contributed by atoms with Gasteiger partial charge in [0.2, 0.25) is 0 Å². The smallest absolute Gasteiger partial charge is 0.340 e. The quantitative estimate of drug-likeness (QED) is 0.715. The highest BCUT2D eigenvalue weighted by Crippen LogP contribution is 2.15. The molecule has 0 aliphatic rings. The second kappa shape index (κ2) is 6.65. The zero-order valence-corrected chi connectivity index (χ0v) is 12.6. The van der Waals surface area contributed by atoms with Crippen molar-refractivity contribution in [2.75, 3.05) is 12.4 Å². The Morgan fingerprint density at radius 3 is 2.67 bits per heavy atom. The molecule has 0 saturated carbocycles. The second-order valence-electron chi connectivity index (χ2n) is 4.61. The van der Waals surface area contributed by atoms with Crippen LogP contribution in [0, 0.1) is 0 Å². The van der Waals surface area contributed by atoms with Crippen molar-refractivity contribution in [2.45, 2.75) is 0 Å². The third-order valence-electron chi connectivity index (χ3n) is 3.13. The van der Waals surface area contributed by atoms with Gasteiger partial charge in [0.05, 0.1) is 24.6 Å². The molecule has 0 aromatic carbocycles. The normalized spacial score (nSPS) is 10.2. The topological polar surface area (TPSA) is 112 Å². The molecule has 0 aliphatic carbocycles. The van der Waals surface area contributed by atoms with E-state index in [0.29, 0.717) is 5.82 Å². The molecule has 3 aromatic heterocycles. The summed E-state index contributed by atoms with van der Waals surface area (Å²) in [5.41, 5.74) is 0.525. The number of pyridine rings is 1. The summed E-state index contributed by atoms with van der Waals surface area (Å²) in [6.07, 6.45) is 7.68. The van der Waals surface area contributed by atoms with Crippen LogP contribution in [0.2, 0.25) is 0 Å². The van der Waals surface area contributed by atoms with E-state index in [2.05, 4.69) is 30.2 Å². The summed E-state index contributed by atoms with van der Waals surface area (Å²) >= 11 is 0. The fourth-order valence-electron chi connectivity index (χ4n) is 1.95. The average molecular weight is 324 g/mol. The Kier molecular flexibility index (Phi) is 4.23. The Morgan fingerprint density at radius 2 is 2.00 bits per heavy atom. The monoisotopic (exact) mass is 324 g/mol. The first-order valence-corrected chi connectivity index (χ1v) is 6.85. The zero-order valence-electron chi connectivity index (χ0n) is 12.6. The molecular weight excluding hydrogens is 312 g/mol. The Morgan fingerprint density at radius 1 is 1.12 bits per heavy atom. The fraction of sp³-hybridized carbons (Fsp3) is 0.0667. The number of amides is 1.